The fraction of sp³-hybridized carbons (Fsp3) is 0.189. The minimum Gasteiger partial charge on any atom is -0.462 e. The van der Waals surface area contributed by atoms with E-state index in [9.17, 15) is 24.3 Å². The van der Waals surface area contributed by atoms with Crippen LogP contribution in [-0.2, 0) is 31.2 Å². The Hall–Kier alpha value is -5.17. The number of hydrogen-bond donors (Lipinski definition) is 1. The summed E-state index contributed by atoms with van der Waals surface area (Å²) in [7, 11) is 0. The first-order chi connectivity index (χ1) is 23.7. The van der Waals surface area contributed by atoms with Crippen LogP contribution >= 0.6 is 23.5 Å². The summed E-state index contributed by atoms with van der Waals surface area (Å²) in [4.78, 5) is 47.7. The molecule has 4 aromatic carbocycles. The van der Waals surface area contributed by atoms with Gasteiger partial charge < -0.3 is 19.3 Å². The first kappa shape index (κ1) is 35.1. The first-order valence-electron chi connectivity index (χ1n) is 15.3. The lowest BCUT2D eigenvalue weighted by Crippen LogP contribution is -2.29. The normalized spacial score (nSPS) is 15.3. The summed E-state index contributed by atoms with van der Waals surface area (Å²) in [5.74, 6) is -3.33. The average Bonchev–Trinajstić information content (AvgIpc) is 3.70. The summed E-state index contributed by atoms with van der Waals surface area (Å²) in [5, 5.41) is 11.8. The third-order valence-corrected chi connectivity index (χ3v) is 8.88. The number of rotatable bonds is 10. The van der Waals surface area contributed by atoms with Gasteiger partial charge in [0.25, 0.3) is 5.79 Å². The van der Waals surface area contributed by atoms with Gasteiger partial charge in [0.2, 0.25) is 0 Å². The highest BCUT2D eigenvalue weighted by Crippen LogP contribution is 2.45. The van der Waals surface area contributed by atoms with E-state index in [0.29, 0.717) is 45.5 Å². The number of carbonyl (C=O) groups excluding carboxylic acids is 4. The second-order valence-corrected chi connectivity index (χ2v) is 12.0. The van der Waals surface area contributed by atoms with E-state index in [0.717, 1.165) is 34.0 Å². The lowest BCUT2D eigenvalue weighted by atomic mass is 9.88. The van der Waals surface area contributed by atoms with Crippen LogP contribution in [0.25, 0.3) is 16.6 Å². The minimum absolute atomic E-state index is 0.221. The molecule has 12 heteroatoms. The maximum atomic E-state index is 13.2. The molecule has 0 bridgehead atoms. The summed E-state index contributed by atoms with van der Waals surface area (Å²) in [5.41, 5.74) is 5.38. The summed E-state index contributed by atoms with van der Waals surface area (Å²) >= 11 is 2.67. The lowest BCUT2D eigenvalue weighted by Gasteiger charge is -2.26. The molecule has 1 N–H and O–H groups in total. The van der Waals surface area contributed by atoms with Gasteiger partial charge >= 0.3 is 17.9 Å². The van der Waals surface area contributed by atoms with Crippen LogP contribution in [0.5, 0.6) is 0 Å². The molecule has 5 aromatic rings. The monoisotopic (exact) mass is 696 g/mol. The molecule has 1 atom stereocenters. The van der Waals surface area contributed by atoms with Gasteiger partial charge in [-0.1, -0.05) is 42.5 Å². The molecule has 1 aliphatic heterocycles. The Labute approximate surface area is 291 Å². The molecule has 0 saturated carbocycles. The van der Waals surface area contributed by atoms with Crippen LogP contribution in [0.4, 0.5) is 0 Å². The van der Waals surface area contributed by atoms with Crippen molar-refractivity contribution in [2.24, 2.45) is 0 Å². The lowest BCUT2D eigenvalue weighted by molar-refractivity contribution is -0.185. The standard InChI is InChI=1S/C27H22N2O5S2.C10H10O3/c1-3-33-25(30)17-6-4-16(5-7-17)14-21-24(18-8-13-22-23(15-18)29-36-28-22)26(31)34-27(21,32)19-9-11-20(35-2)12-10-19;1-2-13-10(12)9-5-3-8(7-11)4-6-9/h4-13,15,32H,3,14H2,1-2H3;3-7H,2H2,1H3. The molecule has 6 rings (SSSR count). The van der Waals surface area contributed by atoms with E-state index in [4.69, 9.17) is 14.2 Å². The fourth-order valence-electron chi connectivity index (χ4n) is 5.12. The molecule has 0 fully saturated rings. The molecule has 49 heavy (non-hydrogen) atoms. The van der Waals surface area contributed by atoms with Crippen molar-refractivity contribution in [1.29, 1.82) is 0 Å². The van der Waals surface area contributed by atoms with E-state index in [1.807, 2.05) is 18.4 Å². The highest BCUT2D eigenvalue weighted by molar-refractivity contribution is 7.98. The van der Waals surface area contributed by atoms with E-state index < -0.39 is 17.7 Å². The smallest absolute Gasteiger partial charge is 0.342 e. The molecule has 1 aromatic heterocycles. The Morgan fingerprint density at radius 2 is 1.45 bits per heavy atom. The molecule has 250 valence electrons. The van der Waals surface area contributed by atoms with Gasteiger partial charge in [-0.2, -0.15) is 8.75 Å². The van der Waals surface area contributed by atoms with Crippen LogP contribution in [0.2, 0.25) is 0 Å². The number of benzene rings is 4. The van der Waals surface area contributed by atoms with Gasteiger partial charge in [0.1, 0.15) is 17.3 Å². The van der Waals surface area contributed by atoms with Gasteiger partial charge in [-0.05, 0) is 79.8 Å². The number of nitrogens with zero attached hydrogens (tertiary/aromatic N) is 2. The number of aliphatic hydroxyl groups is 1. The number of carbonyl (C=O) groups is 4. The van der Waals surface area contributed by atoms with Crippen molar-refractivity contribution in [3.05, 3.63) is 130 Å². The van der Waals surface area contributed by atoms with Crippen LogP contribution in [0.1, 0.15) is 61.6 Å². The number of hydrogen-bond acceptors (Lipinski definition) is 12. The largest absolute Gasteiger partial charge is 0.462 e. The van der Waals surface area contributed by atoms with Gasteiger partial charge in [0, 0.05) is 28.0 Å². The van der Waals surface area contributed by atoms with Crippen LogP contribution in [-0.4, -0.2) is 57.5 Å². The molecule has 0 spiro atoms. The van der Waals surface area contributed by atoms with Crippen molar-refractivity contribution in [2.45, 2.75) is 31.0 Å². The molecule has 0 amide bonds. The maximum Gasteiger partial charge on any atom is 0.342 e. The Bertz CT molecular complexity index is 2010. The van der Waals surface area contributed by atoms with Crippen LogP contribution in [0.15, 0.2) is 101 Å². The number of cyclic esters (lactones) is 1. The molecule has 2 heterocycles. The van der Waals surface area contributed by atoms with Gasteiger partial charge in [0.05, 0.1) is 41.6 Å². The van der Waals surface area contributed by atoms with E-state index in [2.05, 4.69) is 8.75 Å². The summed E-state index contributed by atoms with van der Waals surface area (Å²) < 4.78 is 24.0. The van der Waals surface area contributed by atoms with Gasteiger partial charge in [-0.3, -0.25) is 4.79 Å². The zero-order valence-corrected chi connectivity index (χ0v) is 28.5. The summed E-state index contributed by atoms with van der Waals surface area (Å²) in [6.07, 6.45) is 2.92. The van der Waals surface area contributed by atoms with Gasteiger partial charge in [-0.25, -0.2) is 14.4 Å². The zero-order valence-electron chi connectivity index (χ0n) is 26.9. The van der Waals surface area contributed by atoms with Crippen molar-refractivity contribution in [2.75, 3.05) is 19.5 Å². The Balaban J connectivity index is 0.000000304. The summed E-state index contributed by atoms with van der Waals surface area (Å²) in [6.45, 7) is 4.15. The second-order valence-electron chi connectivity index (χ2n) is 10.6. The predicted molar refractivity (Wildman–Crippen MR) is 186 cm³/mol. The number of aldehydes is 1. The molecule has 0 radical (unpaired) electrons. The third-order valence-electron chi connectivity index (χ3n) is 7.58. The number of aromatic nitrogens is 2. The first-order valence-corrected chi connectivity index (χ1v) is 17.2. The molecule has 0 aliphatic carbocycles. The van der Waals surface area contributed by atoms with Gasteiger partial charge in [0.15, 0.2) is 0 Å². The van der Waals surface area contributed by atoms with Crippen molar-refractivity contribution < 1.29 is 38.5 Å². The SMILES string of the molecule is CCOC(=O)c1ccc(C=O)cc1.CCOC(=O)c1ccc(CC2=C(c3ccc4nsnc4c3)C(=O)OC2(O)c2ccc(SC)cc2)cc1. The average molecular weight is 697 g/mol. The molecular formula is C37H32N2O8S2. The van der Waals surface area contributed by atoms with Crippen molar-refractivity contribution in [3.63, 3.8) is 0 Å². The minimum atomic E-state index is -1.95. The molecule has 10 nitrogen and oxygen atoms in total. The molecule has 1 unspecified atom stereocenters. The number of esters is 3. The topological polar surface area (TPSA) is 142 Å². The fourth-order valence-corrected chi connectivity index (χ4v) is 6.04. The van der Waals surface area contributed by atoms with E-state index in [-0.39, 0.29) is 24.6 Å². The van der Waals surface area contributed by atoms with Crippen LogP contribution < -0.4 is 0 Å². The number of fused-ring (bicyclic) bond motifs is 1. The van der Waals surface area contributed by atoms with Crippen molar-refractivity contribution in [1.82, 2.24) is 8.75 Å². The quantitative estimate of drug-likeness (QED) is 0.0725. The number of ether oxygens (including phenoxy) is 3. The predicted octanol–water partition coefficient (Wildman–Crippen LogP) is 6.66. The van der Waals surface area contributed by atoms with E-state index in [1.54, 1.807) is 104 Å². The zero-order chi connectivity index (χ0) is 35.0. The van der Waals surface area contributed by atoms with Crippen molar-refractivity contribution >= 4 is 64.3 Å². The van der Waals surface area contributed by atoms with Crippen LogP contribution in [0, 0.1) is 0 Å². The van der Waals surface area contributed by atoms with Crippen molar-refractivity contribution in [3.8, 4) is 0 Å². The Morgan fingerprint density at radius 3 is 2.02 bits per heavy atom. The highest BCUT2D eigenvalue weighted by atomic mass is 32.2. The molecule has 0 saturated heterocycles. The highest BCUT2D eigenvalue weighted by Gasteiger charge is 2.48. The van der Waals surface area contributed by atoms with Crippen LogP contribution in [0.3, 0.4) is 0 Å². The Morgan fingerprint density at radius 1 is 0.857 bits per heavy atom. The molecular weight excluding hydrogens is 665 g/mol. The van der Waals surface area contributed by atoms with Gasteiger partial charge in [-0.15, -0.1) is 11.8 Å². The Kier molecular flexibility index (Phi) is 11.3. The number of thioether (sulfide) groups is 1. The van der Waals surface area contributed by atoms with E-state index in [1.165, 1.54) is 0 Å². The molecule has 1 aliphatic rings. The van der Waals surface area contributed by atoms with E-state index >= 15 is 0 Å². The third kappa shape index (κ3) is 7.94. The maximum absolute atomic E-state index is 13.2. The second kappa shape index (κ2) is 15.8. The summed E-state index contributed by atoms with van der Waals surface area (Å²) in [6, 6.07) is 25.9.